The number of halogens is 1. The first-order valence-corrected chi connectivity index (χ1v) is 9.53. The van der Waals surface area contributed by atoms with Crippen LogP contribution in [0.15, 0.2) is 23.4 Å². The molecule has 1 saturated carbocycles. The number of carbonyl (C=O) groups excluding carboxylic acids is 1. The van der Waals surface area contributed by atoms with Crippen LogP contribution in [0.25, 0.3) is 11.4 Å². The van der Waals surface area contributed by atoms with Crippen molar-refractivity contribution in [3.8, 4) is 23.2 Å². The van der Waals surface area contributed by atoms with E-state index in [9.17, 15) is 10.1 Å². The highest BCUT2D eigenvalue weighted by Gasteiger charge is 2.35. The lowest BCUT2D eigenvalue weighted by Crippen LogP contribution is -2.45. The molecule has 1 heterocycles. The van der Waals surface area contributed by atoms with E-state index in [4.69, 9.17) is 16.3 Å². The van der Waals surface area contributed by atoms with E-state index in [-0.39, 0.29) is 11.7 Å². The third-order valence-electron chi connectivity index (χ3n) is 4.26. The molecule has 0 aliphatic heterocycles. The Morgan fingerprint density at radius 2 is 2.27 bits per heavy atom. The normalized spacial score (nSPS) is 15.4. The molecule has 1 aromatic heterocycles. The number of benzene rings is 1. The van der Waals surface area contributed by atoms with E-state index in [1.807, 2.05) is 0 Å². The van der Waals surface area contributed by atoms with Crippen molar-refractivity contribution in [1.29, 1.82) is 5.26 Å². The number of thioether (sulfide) groups is 1. The minimum absolute atomic E-state index is 0.146. The van der Waals surface area contributed by atoms with E-state index >= 15 is 0 Å². The maximum atomic E-state index is 12.2. The fraction of sp³-hybridized carbons (Fsp3) is 0.412. The predicted molar refractivity (Wildman–Crippen MR) is 99.1 cm³/mol. The van der Waals surface area contributed by atoms with Crippen LogP contribution in [-0.2, 0) is 4.79 Å². The first kappa shape index (κ1) is 18.5. The summed E-state index contributed by atoms with van der Waals surface area (Å²) in [4.78, 5) is 16.6. The number of hydrogen-bond donors (Lipinski definition) is 2. The Bertz CT molecular complexity index is 842. The second-order valence-corrected chi connectivity index (χ2v) is 7.43. The first-order valence-electron chi connectivity index (χ1n) is 8.17. The minimum Gasteiger partial charge on any atom is -0.496 e. The Balaban J connectivity index is 1.63. The number of nitriles is 1. The maximum absolute atomic E-state index is 12.2. The highest BCUT2D eigenvalue weighted by atomic mass is 35.5. The molecule has 0 radical (unpaired) electrons. The van der Waals surface area contributed by atoms with E-state index in [1.54, 1.807) is 25.3 Å². The van der Waals surface area contributed by atoms with Crippen molar-refractivity contribution >= 4 is 29.3 Å². The lowest BCUT2D eigenvalue weighted by atomic mass is 10.0. The van der Waals surface area contributed by atoms with Gasteiger partial charge in [-0.25, -0.2) is 4.98 Å². The van der Waals surface area contributed by atoms with Crippen LogP contribution in [0.4, 0.5) is 0 Å². The number of aromatic amines is 1. The summed E-state index contributed by atoms with van der Waals surface area (Å²) < 4.78 is 5.31. The number of carbonyl (C=O) groups is 1. The number of ether oxygens (including phenoxy) is 1. The Kier molecular flexibility index (Phi) is 5.69. The highest BCUT2D eigenvalue weighted by Crippen LogP contribution is 2.31. The topological polar surface area (TPSA) is 104 Å². The third kappa shape index (κ3) is 4.11. The molecular formula is C17H18ClN5O2S. The Labute approximate surface area is 160 Å². The highest BCUT2D eigenvalue weighted by molar-refractivity contribution is 7.99. The van der Waals surface area contributed by atoms with Gasteiger partial charge in [0.05, 0.1) is 24.5 Å². The number of nitrogens with one attached hydrogen (secondary N) is 2. The average Bonchev–Trinajstić information content (AvgIpc) is 3.30. The van der Waals surface area contributed by atoms with Crippen LogP contribution in [0.5, 0.6) is 5.75 Å². The maximum Gasteiger partial charge on any atom is 0.231 e. The molecule has 0 unspecified atom stereocenters. The number of methoxy groups -OCH3 is 1. The zero-order chi connectivity index (χ0) is 18.6. The molecule has 1 amide bonds. The van der Waals surface area contributed by atoms with Crippen LogP contribution in [-0.4, -0.2) is 39.5 Å². The van der Waals surface area contributed by atoms with Crippen molar-refractivity contribution < 1.29 is 9.53 Å². The summed E-state index contributed by atoms with van der Waals surface area (Å²) in [5.41, 5.74) is -0.0196. The third-order valence-corrected chi connectivity index (χ3v) is 5.35. The van der Waals surface area contributed by atoms with Gasteiger partial charge in [-0.1, -0.05) is 23.4 Å². The van der Waals surface area contributed by atoms with Crippen LogP contribution in [0.1, 0.15) is 25.7 Å². The number of amides is 1. The van der Waals surface area contributed by atoms with Crippen molar-refractivity contribution in [2.24, 2.45) is 0 Å². The van der Waals surface area contributed by atoms with Crippen LogP contribution in [0, 0.1) is 11.3 Å². The Morgan fingerprint density at radius 3 is 2.96 bits per heavy atom. The van der Waals surface area contributed by atoms with Gasteiger partial charge in [0.1, 0.15) is 11.3 Å². The van der Waals surface area contributed by atoms with Crippen molar-refractivity contribution in [2.75, 3.05) is 12.9 Å². The van der Waals surface area contributed by atoms with E-state index in [2.05, 4.69) is 26.6 Å². The Hall–Kier alpha value is -2.24. The zero-order valence-corrected chi connectivity index (χ0v) is 15.8. The molecule has 0 spiro atoms. The van der Waals surface area contributed by atoms with E-state index in [0.717, 1.165) is 12.8 Å². The number of nitrogens with zero attached hydrogens (tertiary/aromatic N) is 3. The summed E-state index contributed by atoms with van der Waals surface area (Å²) in [6.07, 6.45) is 3.35. The van der Waals surface area contributed by atoms with Gasteiger partial charge in [0.15, 0.2) is 5.82 Å². The average molecular weight is 392 g/mol. The van der Waals surface area contributed by atoms with Gasteiger partial charge in [-0.05, 0) is 43.9 Å². The monoisotopic (exact) mass is 391 g/mol. The van der Waals surface area contributed by atoms with Gasteiger partial charge in [0.25, 0.3) is 0 Å². The molecule has 1 aliphatic rings. The molecule has 7 nitrogen and oxygen atoms in total. The van der Waals surface area contributed by atoms with E-state index in [1.165, 1.54) is 11.8 Å². The van der Waals surface area contributed by atoms with E-state index < -0.39 is 5.54 Å². The fourth-order valence-corrected chi connectivity index (χ4v) is 3.74. The summed E-state index contributed by atoms with van der Waals surface area (Å²) in [7, 11) is 1.57. The molecule has 2 aromatic rings. The second-order valence-electron chi connectivity index (χ2n) is 6.05. The van der Waals surface area contributed by atoms with Crippen LogP contribution in [0.3, 0.4) is 0 Å². The molecular weight excluding hydrogens is 374 g/mol. The van der Waals surface area contributed by atoms with Crippen LogP contribution in [0.2, 0.25) is 5.02 Å². The van der Waals surface area contributed by atoms with Gasteiger partial charge >= 0.3 is 0 Å². The van der Waals surface area contributed by atoms with E-state index in [0.29, 0.717) is 40.2 Å². The summed E-state index contributed by atoms with van der Waals surface area (Å²) >= 11 is 7.24. The van der Waals surface area contributed by atoms with Gasteiger partial charge in [-0.15, -0.1) is 5.10 Å². The molecule has 0 saturated heterocycles. The number of hydrogen-bond acceptors (Lipinski definition) is 6. The molecule has 3 rings (SSSR count). The molecule has 0 bridgehead atoms. The molecule has 136 valence electrons. The largest absolute Gasteiger partial charge is 0.496 e. The first-order chi connectivity index (χ1) is 12.5. The predicted octanol–water partition coefficient (Wildman–Crippen LogP) is 3.18. The standard InChI is InChI=1S/C17H18ClN5O2S/c1-25-13-5-4-11(18)8-12(13)15-20-16(23-22-15)26-9-14(24)21-17(10-19)6-2-3-7-17/h4-5,8H,2-3,6-7,9H2,1H3,(H,21,24)(H,20,22,23). The van der Waals surface area contributed by atoms with Crippen LogP contribution < -0.4 is 10.1 Å². The van der Waals surface area contributed by atoms with Crippen molar-refractivity contribution in [3.05, 3.63) is 23.2 Å². The molecule has 0 atom stereocenters. The van der Waals surface area contributed by atoms with Crippen molar-refractivity contribution in [1.82, 2.24) is 20.5 Å². The number of aromatic nitrogens is 3. The summed E-state index contributed by atoms with van der Waals surface area (Å²) in [6.45, 7) is 0. The molecule has 1 fully saturated rings. The van der Waals surface area contributed by atoms with Gasteiger partial charge in [-0.2, -0.15) is 5.26 Å². The summed E-state index contributed by atoms with van der Waals surface area (Å²) in [5.74, 6) is 1.09. The lowest BCUT2D eigenvalue weighted by molar-refractivity contribution is -0.119. The number of rotatable bonds is 6. The lowest BCUT2D eigenvalue weighted by Gasteiger charge is -2.21. The second kappa shape index (κ2) is 7.98. The Morgan fingerprint density at radius 1 is 1.50 bits per heavy atom. The van der Waals surface area contributed by atoms with Crippen molar-refractivity contribution in [2.45, 2.75) is 36.4 Å². The molecule has 1 aromatic carbocycles. The minimum atomic E-state index is -0.712. The fourth-order valence-electron chi connectivity index (χ4n) is 2.97. The van der Waals surface area contributed by atoms with Gasteiger partial charge in [0.2, 0.25) is 11.1 Å². The van der Waals surface area contributed by atoms with Gasteiger partial charge in [-0.3, -0.25) is 9.89 Å². The van der Waals surface area contributed by atoms with Gasteiger partial charge < -0.3 is 10.1 Å². The number of H-pyrrole nitrogens is 1. The van der Waals surface area contributed by atoms with Crippen LogP contribution >= 0.6 is 23.4 Å². The molecule has 1 aliphatic carbocycles. The molecule has 26 heavy (non-hydrogen) atoms. The molecule has 2 N–H and O–H groups in total. The quantitative estimate of drug-likeness (QED) is 0.733. The molecule has 9 heteroatoms. The smallest absolute Gasteiger partial charge is 0.231 e. The zero-order valence-electron chi connectivity index (χ0n) is 14.2. The summed E-state index contributed by atoms with van der Waals surface area (Å²) in [5, 5.41) is 20.1. The van der Waals surface area contributed by atoms with Crippen molar-refractivity contribution in [3.63, 3.8) is 0 Å². The summed E-state index contributed by atoms with van der Waals surface area (Å²) in [6, 6.07) is 7.46. The van der Waals surface area contributed by atoms with Gasteiger partial charge in [0, 0.05) is 5.02 Å². The SMILES string of the molecule is COc1ccc(Cl)cc1-c1nc(SCC(=O)NC2(C#N)CCCC2)n[nH]1.